The quantitative estimate of drug-likeness (QED) is 0.270. The van der Waals surface area contributed by atoms with Gasteiger partial charge in [0.05, 0.1) is 13.1 Å². The predicted molar refractivity (Wildman–Crippen MR) is 142 cm³/mol. The Hall–Kier alpha value is -1.73. The molecule has 4 aliphatic rings. The van der Waals surface area contributed by atoms with Crippen LogP contribution in [0.3, 0.4) is 0 Å². The van der Waals surface area contributed by atoms with Crippen LogP contribution in [0, 0.1) is 5.92 Å². The van der Waals surface area contributed by atoms with Gasteiger partial charge in [-0.15, -0.1) is 22.7 Å². The number of ether oxygens (including phenoxy) is 1. The van der Waals surface area contributed by atoms with E-state index in [1.807, 2.05) is 6.07 Å². The first-order chi connectivity index (χ1) is 17.2. The van der Waals surface area contributed by atoms with E-state index in [0.29, 0.717) is 5.92 Å². The van der Waals surface area contributed by atoms with Crippen LogP contribution < -0.4 is 12.4 Å². The van der Waals surface area contributed by atoms with E-state index in [0.717, 1.165) is 61.1 Å². The van der Waals surface area contributed by atoms with Gasteiger partial charge in [0.25, 0.3) is 0 Å². The van der Waals surface area contributed by atoms with Gasteiger partial charge in [0, 0.05) is 34.6 Å². The zero-order chi connectivity index (χ0) is 23.7. The van der Waals surface area contributed by atoms with Crippen molar-refractivity contribution in [2.45, 2.75) is 69.4 Å². The summed E-state index contributed by atoms with van der Waals surface area (Å²) in [4.78, 5) is 20.1. The van der Waals surface area contributed by atoms with Crippen LogP contribution in [0.25, 0.3) is 10.6 Å². The highest BCUT2D eigenvalue weighted by Gasteiger charge is 2.50. The molecule has 2 aromatic heterocycles. The molecule has 36 heavy (non-hydrogen) atoms. The molecule has 1 atom stereocenters. The number of nitrogens with zero attached hydrogens (tertiary/aromatic N) is 2. The lowest BCUT2D eigenvalue weighted by Gasteiger charge is -2.52. The van der Waals surface area contributed by atoms with Crippen LogP contribution >= 0.6 is 22.7 Å². The lowest BCUT2D eigenvalue weighted by atomic mass is 9.78. The van der Waals surface area contributed by atoms with Gasteiger partial charge in [-0.3, -0.25) is 4.79 Å². The highest BCUT2D eigenvalue weighted by Crippen LogP contribution is 2.44. The fourth-order valence-electron chi connectivity index (χ4n) is 6.70. The van der Waals surface area contributed by atoms with E-state index in [4.69, 9.17) is 9.72 Å². The van der Waals surface area contributed by atoms with E-state index in [2.05, 4.69) is 47.2 Å². The summed E-state index contributed by atoms with van der Waals surface area (Å²) in [6, 6.07) is 14.7. The van der Waals surface area contributed by atoms with Crippen molar-refractivity contribution in [3.8, 4) is 10.6 Å². The monoisotopic (exact) mass is 542 g/mol. The maximum Gasteiger partial charge on any atom is 0.317 e. The number of aromatic nitrogens is 1. The average Bonchev–Trinajstić information content (AvgIpc) is 3.53. The fraction of sp³-hybridized carbons (Fsp3) is 0.517. The zero-order valence-electron chi connectivity index (χ0n) is 20.7. The van der Waals surface area contributed by atoms with Gasteiger partial charge in [-0.05, 0) is 24.3 Å². The van der Waals surface area contributed by atoms with E-state index >= 15 is 0 Å². The van der Waals surface area contributed by atoms with Crippen molar-refractivity contribution in [3.05, 3.63) is 63.8 Å². The third-order valence-electron chi connectivity index (χ3n) is 8.71. The van der Waals surface area contributed by atoms with Gasteiger partial charge in [-0.1, -0.05) is 62.1 Å². The SMILES string of the molecule is O=C(O[C@H]1C[N+]2(Cc3csc(-c4ccccc4)n3)CCC1CC2)C1(c2cccs2)CCCCCC1.[Cl-]. The van der Waals surface area contributed by atoms with E-state index < -0.39 is 5.41 Å². The van der Waals surface area contributed by atoms with Gasteiger partial charge in [0.2, 0.25) is 0 Å². The molecule has 1 saturated carbocycles. The molecule has 7 rings (SSSR count). The molecular formula is C29H35ClN2O2S2. The van der Waals surface area contributed by atoms with Crippen LogP contribution in [-0.4, -0.2) is 41.2 Å². The number of rotatable bonds is 6. The summed E-state index contributed by atoms with van der Waals surface area (Å²) in [5, 5.41) is 5.44. The number of fused-ring (bicyclic) bond motifs is 3. The molecule has 0 amide bonds. The Labute approximate surface area is 228 Å². The van der Waals surface area contributed by atoms with Crippen molar-refractivity contribution >= 4 is 28.6 Å². The third-order valence-corrected chi connectivity index (χ3v) is 10.7. The second-order valence-electron chi connectivity index (χ2n) is 10.9. The smallest absolute Gasteiger partial charge is 0.317 e. The molecule has 0 radical (unpaired) electrons. The summed E-state index contributed by atoms with van der Waals surface area (Å²) >= 11 is 3.47. The number of carbonyl (C=O) groups is 1. The maximum absolute atomic E-state index is 13.9. The van der Waals surface area contributed by atoms with Crippen LogP contribution in [0.4, 0.5) is 0 Å². The Morgan fingerprint density at radius 1 is 1.00 bits per heavy atom. The van der Waals surface area contributed by atoms with Gasteiger partial charge in [-0.2, -0.15) is 0 Å². The number of quaternary nitrogens is 1. The molecule has 192 valence electrons. The number of carbonyl (C=O) groups excluding carboxylic acids is 1. The van der Waals surface area contributed by atoms with Crippen molar-refractivity contribution in [1.82, 2.24) is 4.98 Å². The minimum atomic E-state index is -0.430. The molecule has 0 spiro atoms. The minimum absolute atomic E-state index is 0. The number of esters is 1. The second-order valence-corrected chi connectivity index (χ2v) is 12.7. The molecule has 7 heteroatoms. The van der Waals surface area contributed by atoms with Crippen molar-refractivity contribution < 1.29 is 26.4 Å². The van der Waals surface area contributed by atoms with Gasteiger partial charge in [-0.25, -0.2) is 4.98 Å². The van der Waals surface area contributed by atoms with Gasteiger partial charge in [0.1, 0.15) is 29.2 Å². The van der Waals surface area contributed by atoms with Crippen LogP contribution in [0.15, 0.2) is 53.2 Å². The molecule has 0 N–H and O–H groups in total. The topological polar surface area (TPSA) is 39.2 Å². The van der Waals surface area contributed by atoms with Crippen molar-refractivity contribution in [3.63, 3.8) is 0 Å². The highest BCUT2D eigenvalue weighted by atomic mass is 35.5. The summed E-state index contributed by atoms with van der Waals surface area (Å²) < 4.78 is 7.53. The van der Waals surface area contributed by atoms with E-state index in [1.54, 1.807) is 22.7 Å². The molecule has 4 fully saturated rings. The number of thiazole rings is 1. The van der Waals surface area contributed by atoms with Crippen molar-refractivity contribution in [2.24, 2.45) is 5.92 Å². The standard InChI is InChI=1S/C29H35N2O2S2.ClH/c32-28(29(26-11-8-18-34-26)14-6-1-2-7-15-29)33-25-20-31(16-12-22(25)13-17-31)19-24-21-35-27(30-24)23-9-4-3-5-10-23;/h3-5,8-11,18,21-22,25H,1-2,6-7,12-17,19-20H2;1H/q+1;/p-1/t22?,25-,31?;/m0./s1. The lowest BCUT2D eigenvalue weighted by molar-refractivity contribution is -0.958. The minimum Gasteiger partial charge on any atom is -1.00 e. The Morgan fingerprint density at radius 2 is 1.75 bits per heavy atom. The Kier molecular flexibility index (Phi) is 7.87. The van der Waals surface area contributed by atoms with Gasteiger partial charge in [0.15, 0.2) is 6.10 Å². The number of piperidine rings is 3. The molecule has 3 aromatic rings. The normalized spacial score (nSPS) is 27.1. The van der Waals surface area contributed by atoms with Gasteiger partial charge < -0.3 is 21.6 Å². The maximum atomic E-state index is 13.9. The second kappa shape index (κ2) is 10.9. The average molecular weight is 543 g/mol. The molecule has 3 saturated heterocycles. The van der Waals surface area contributed by atoms with Crippen LogP contribution in [-0.2, 0) is 21.5 Å². The molecule has 1 aliphatic carbocycles. The molecule has 1 aromatic carbocycles. The largest absolute Gasteiger partial charge is 1.00 e. The van der Waals surface area contributed by atoms with E-state index in [9.17, 15) is 4.79 Å². The van der Waals surface area contributed by atoms with Crippen LogP contribution in [0.1, 0.15) is 61.9 Å². The number of halogens is 1. The Bertz CT molecular complexity index is 1130. The fourth-order valence-corrected chi connectivity index (χ4v) is 8.49. The van der Waals surface area contributed by atoms with E-state index in [1.165, 1.54) is 42.1 Å². The predicted octanol–water partition coefficient (Wildman–Crippen LogP) is 3.82. The highest BCUT2D eigenvalue weighted by molar-refractivity contribution is 7.13. The summed E-state index contributed by atoms with van der Waals surface area (Å²) in [6.07, 6.45) is 8.91. The summed E-state index contributed by atoms with van der Waals surface area (Å²) in [7, 11) is 0. The van der Waals surface area contributed by atoms with Crippen LogP contribution in [0.5, 0.6) is 0 Å². The molecule has 4 nitrogen and oxygen atoms in total. The zero-order valence-corrected chi connectivity index (χ0v) is 23.1. The van der Waals surface area contributed by atoms with Crippen LogP contribution in [0.2, 0.25) is 0 Å². The van der Waals surface area contributed by atoms with Gasteiger partial charge >= 0.3 is 5.97 Å². The number of hydrogen-bond donors (Lipinski definition) is 0. The summed E-state index contributed by atoms with van der Waals surface area (Å²) in [6.45, 7) is 4.23. The third kappa shape index (κ3) is 5.02. The van der Waals surface area contributed by atoms with E-state index in [-0.39, 0.29) is 24.5 Å². The summed E-state index contributed by atoms with van der Waals surface area (Å²) in [5.41, 5.74) is 1.94. The molecule has 3 aliphatic heterocycles. The number of thiophene rings is 1. The summed E-state index contributed by atoms with van der Waals surface area (Å²) in [5.74, 6) is 0.569. The van der Waals surface area contributed by atoms with Crippen molar-refractivity contribution in [1.29, 1.82) is 0 Å². The molecule has 0 unspecified atom stereocenters. The lowest BCUT2D eigenvalue weighted by Crippen LogP contribution is -3.00. The molecule has 5 heterocycles. The van der Waals surface area contributed by atoms with Crippen molar-refractivity contribution in [2.75, 3.05) is 19.6 Å². The number of hydrogen-bond acceptors (Lipinski definition) is 5. The molecule has 2 bridgehead atoms. The number of benzene rings is 1. The Balaban J connectivity index is 0.00000267. The molecular weight excluding hydrogens is 508 g/mol. The first-order valence-electron chi connectivity index (χ1n) is 13.3. The first-order valence-corrected chi connectivity index (χ1v) is 15.0. The first kappa shape index (κ1) is 25.9. The Morgan fingerprint density at radius 3 is 2.44 bits per heavy atom.